The molecular formula is C12H17NO. The molecule has 1 saturated heterocycles. The molecule has 1 heterocycles. The van der Waals surface area contributed by atoms with Gasteiger partial charge in [0, 0.05) is 12.6 Å². The van der Waals surface area contributed by atoms with Gasteiger partial charge in [0.2, 0.25) is 0 Å². The number of methoxy groups -OCH3 is 1. The van der Waals surface area contributed by atoms with E-state index in [1.807, 2.05) is 0 Å². The lowest BCUT2D eigenvalue weighted by Gasteiger charge is -2.39. The highest BCUT2D eigenvalue weighted by molar-refractivity contribution is 5.37. The van der Waals surface area contributed by atoms with Gasteiger partial charge in [0.25, 0.3) is 0 Å². The van der Waals surface area contributed by atoms with Crippen LogP contribution in [0.1, 0.15) is 23.6 Å². The molecule has 0 amide bonds. The quantitative estimate of drug-likeness (QED) is 0.711. The van der Waals surface area contributed by atoms with E-state index in [1.54, 1.807) is 7.11 Å². The van der Waals surface area contributed by atoms with E-state index in [1.165, 1.54) is 24.1 Å². The van der Waals surface area contributed by atoms with Gasteiger partial charge in [-0.05, 0) is 43.7 Å². The SMILES string of the molecule is COc1ccc(C2CCN2C)c(C)c1. The highest BCUT2D eigenvalue weighted by Crippen LogP contribution is 2.34. The predicted molar refractivity (Wildman–Crippen MR) is 57.7 cm³/mol. The Labute approximate surface area is 85.5 Å². The minimum Gasteiger partial charge on any atom is -0.497 e. The second-order valence-corrected chi connectivity index (χ2v) is 4.01. The van der Waals surface area contributed by atoms with E-state index in [4.69, 9.17) is 4.74 Å². The van der Waals surface area contributed by atoms with E-state index in [9.17, 15) is 0 Å². The maximum atomic E-state index is 5.19. The predicted octanol–water partition coefficient (Wildman–Crippen LogP) is 2.38. The Kier molecular flexibility index (Phi) is 2.46. The van der Waals surface area contributed by atoms with Crippen LogP contribution in [0.15, 0.2) is 18.2 Å². The minimum atomic E-state index is 0.626. The third-order valence-electron chi connectivity index (χ3n) is 3.12. The van der Waals surface area contributed by atoms with Crippen LogP contribution < -0.4 is 4.74 Å². The molecule has 0 radical (unpaired) electrons. The van der Waals surface area contributed by atoms with Crippen LogP contribution >= 0.6 is 0 Å². The first-order chi connectivity index (χ1) is 6.72. The third kappa shape index (κ3) is 1.50. The van der Waals surface area contributed by atoms with Gasteiger partial charge < -0.3 is 4.74 Å². The summed E-state index contributed by atoms with van der Waals surface area (Å²) in [6.07, 6.45) is 1.28. The zero-order chi connectivity index (χ0) is 10.1. The van der Waals surface area contributed by atoms with Gasteiger partial charge in [-0.1, -0.05) is 6.07 Å². The number of hydrogen-bond acceptors (Lipinski definition) is 2. The summed E-state index contributed by atoms with van der Waals surface area (Å²) in [6.45, 7) is 3.38. The second-order valence-electron chi connectivity index (χ2n) is 4.01. The van der Waals surface area contributed by atoms with Crippen molar-refractivity contribution in [3.8, 4) is 5.75 Å². The van der Waals surface area contributed by atoms with Gasteiger partial charge in [0.05, 0.1) is 7.11 Å². The molecule has 0 bridgehead atoms. The molecule has 1 aliphatic rings. The summed E-state index contributed by atoms with van der Waals surface area (Å²) in [5, 5.41) is 0. The maximum absolute atomic E-state index is 5.19. The largest absolute Gasteiger partial charge is 0.497 e. The van der Waals surface area contributed by atoms with Gasteiger partial charge in [-0.25, -0.2) is 0 Å². The van der Waals surface area contributed by atoms with Crippen molar-refractivity contribution in [2.45, 2.75) is 19.4 Å². The summed E-state index contributed by atoms with van der Waals surface area (Å²) in [6, 6.07) is 6.98. The van der Waals surface area contributed by atoms with E-state index in [0.717, 1.165) is 5.75 Å². The van der Waals surface area contributed by atoms with E-state index < -0.39 is 0 Å². The Hall–Kier alpha value is -1.02. The zero-order valence-electron chi connectivity index (χ0n) is 9.08. The van der Waals surface area contributed by atoms with Crippen molar-refractivity contribution in [3.05, 3.63) is 29.3 Å². The van der Waals surface area contributed by atoms with Crippen molar-refractivity contribution in [1.29, 1.82) is 0 Å². The van der Waals surface area contributed by atoms with E-state index in [2.05, 4.69) is 37.1 Å². The molecule has 2 heteroatoms. The minimum absolute atomic E-state index is 0.626. The van der Waals surface area contributed by atoms with Crippen LogP contribution in [0, 0.1) is 6.92 Å². The summed E-state index contributed by atoms with van der Waals surface area (Å²) in [4.78, 5) is 2.38. The fourth-order valence-electron chi connectivity index (χ4n) is 2.06. The highest BCUT2D eigenvalue weighted by Gasteiger charge is 2.26. The van der Waals surface area contributed by atoms with E-state index in [-0.39, 0.29) is 0 Å². The van der Waals surface area contributed by atoms with Crippen molar-refractivity contribution in [3.63, 3.8) is 0 Å². The molecule has 1 fully saturated rings. The average Bonchev–Trinajstić information content (AvgIpc) is 2.18. The van der Waals surface area contributed by atoms with Gasteiger partial charge >= 0.3 is 0 Å². The van der Waals surface area contributed by atoms with Gasteiger partial charge in [-0.15, -0.1) is 0 Å². The summed E-state index contributed by atoms with van der Waals surface area (Å²) in [5.41, 5.74) is 2.78. The Bertz CT molecular complexity index is 335. The lowest BCUT2D eigenvalue weighted by Crippen LogP contribution is -2.37. The van der Waals surface area contributed by atoms with Gasteiger partial charge in [0.15, 0.2) is 0 Å². The highest BCUT2D eigenvalue weighted by atomic mass is 16.5. The standard InChI is InChI=1S/C12H17NO/c1-9-8-10(14-3)4-5-11(9)12-6-7-13(12)2/h4-5,8,12H,6-7H2,1-3H3. The van der Waals surface area contributed by atoms with Crippen LogP contribution in [-0.2, 0) is 0 Å². The van der Waals surface area contributed by atoms with Crippen LogP contribution in [0.5, 0.6) is 5.75 Å². The monoisotopic (exact) mass is 191 g/mol. The smallest absolute Gasteiger partial charge is 0.119 e. The Balaban J connectivity index is 2.26. The fraction of sp³-hybridized carbons (Fsp3) is 0.500. The number of ether oxygens (including phenoxy) is 1. The van der Waals surface area contributed by atoms with Crippen molar-refractivity contribution < 1.29 is 4.74 Å². The molecule has 0 aliphatic carbocycles. The molecule has 14 heavy (non-hydrogen) atoms. The average molecular weight is 191 g/mol. The topological polar surface area (TPSA) is 12.5 Å². The molecule has 1 unspecified atom stereocenters. The summed E-state index contributed by atoms with van der Waals surface area (Å²) < 4.78 is 5.19. The first-order valence-electron chi connectivity index (χ1n) is 5.07. The molecule has 1 atom stereocenters. The van der Waals surface area contributed by atoms with E-state index >= 15 is 0 Å². The molecule has 2 nitrogen and oxygen atoms in total. The molecule has 0 spiro atoms. The number of rotatable bonds is 2. The van der Waals surface area contributed by atoms with Gasteiger partial charge in [0.1, 0.15) is 5.75 Å². The van der Waals surface area contributed by atoms with Crippen LogP contribution in [0.3, 0.4) is 0 Å². The van der Waals surface area contributed by atoms with Crippen LogP contribution in [-0.4, -0.2) is 25.6 Å². The summed E-state index contributed by atoms with van der Waals surface area (Å²) >= 11 is 0. The van der Waals surface area contributed by atoms with Crippen LogP contribution in [0.2, 0.25) is 0 Å². The van der Waals surface area contributed by atoms with Gasteiger partial charge in [-0.2, -0.15) is 0 Å². The first-order valence-corrected chi connectivity index (χ1v) is 5.07. The number of nitrogens with zero attached hydrogens (tertiary/aromatic N) is 1. The van der Waals surface area contributed by atoms with Crippen molar-refractivity contribution in [2.24, 2.45) is 0 Å². The molecule has 2 rings (SSSR count). The van der Waals surface area contributed by atoms with Gasteiger partial charge in [-0.3, -0.25) is 4.90 Å². The number of aryl methyl sites for hydroxylation is 1. The molecule has 1 aromatic rings. The first kappa shape index (κ1) is 9.53. The molecule has 0 N–H and O–H groups in total. The Morgan fingerprint density at radius 2 is 2.21 bits per heavy atom. The van der Waals surface area contributed by atoms with Crippen LogP contribution in [0.4, 0.5) is 0 Å². The van der Waals surface area contributed by atoms with Crippen molar-refractivity contribution >= 4 is 0 Å². The molecular weight excluding hydrogens is 174 g/mol. The molecule has 76 valence electrons. The molecule has 1 aliphatic heterocycles. The molecule has 0 aromatic heterocycles. The summed E-state index contributed by atoms with van der Waals surface area (Å²) in [7, 11) is 3.89. The van der Waals surface area contributed by atoms with E-state index in [0.29, 0.717) is 6.04 Å². The normalized spacial score (nSPS) is 21.8. The Morgan fingerprint density at radius 3 is 2.64 bits per heavy atom. The second kappa shape index (κ2) is 3.62. The van der Waals surface area contributed by atoms with Crippen LogP contribution in [0.25, 0.3) is 0 Å². The van der Waals surface area contributed by atoms with Crippen molar-refractivity contribution in [1.82, 2.24) is 4.90 Å². The zero-order valence-corrected chi connectivity index (χ0v) is 9.08. The maximum Gasteiger partial charge on any atom is 0.119 e. The molecule has 0 saturated carbocycles. The number of benzene rings is 1. The summed E-state index contributed by atoms with van der Waals surface area (Å²) in [5.74, 6) is 0.952. The van der Waals surface area contributed by atoms with Crippen molar-refractivity contribution in [2.75, 3.05) is 20.7 Å². The molecule has 1 aromatic carbocycles. The number of hydrogen-bond donors (Lipinski definition) is 0. The lowest BCUT2D eigenvalue weighted by atomic mass is 9.92. The fourth-order valence-corrected chi connectivity index (χ4v) is 2.06. The Morgan fingerprint density at radius 1 is 1.43 bits per heavy atom. The third-order valence-corrected chi connectivity index (χ3v) is 3.12. The number of likely N-dealkylation sites (tertiary alicyclic amines) is 1. The lowest BCUT2D eigenvalue weighted by molar-refractivity contribution is 0.127.